The normalized spacial score (nSPS) is 19.6. The standard InChI is InChI=1S/C21H24N2O2/c1-3-21(4-2)20(25)22-18(17-13-9-6-10-14-17)19(24)23(21)15-16-11-7-5-8-12-16/h5-14,18H,3-4,15H2,1-2H3,(H,22,25). The van der Waals surface area contributed by atoms with Crippen LogP contribution in [0.5, 0.6) is 0 Å². The van der Waals surface area contributed by atoms with Crippen LogP contribution in [-0.4, -0.2) is 22.3 Å². The van der Waals surface area contributed by atoms with Gasteiger partial charge in [-0.2, -0.15) is 0 Å². The highest BCUT2D eigenvalue weighted by Gasteiger charge is 2.50. The predicted molar refractivity (Wildman–Crippen MR) is 97.6 cm³/mol. The first-order valence-electron chi connectivity index (χ1n) is 8.83. The highest BCUT2D eigenvalue weighted by atomic mass is 16.2. The highest BCUT2D eigenvalue weighted by molar-refractivity contribution is 6.00. The molecule has 0 aliphatic carbocycles. The SMILES string of the molecule is CCC1(CC)C(=O)NC(c2ccccc2)C(=O)N1Cc1ccccc1. The van der Waals surface area contributed by atoms with Crippen molar-refractivity contribution in [1.82, 2.24) is 10.2 Å². The molecule has 1 heterocycles. The van der Waals surface area contributed by atoms with E-state index in [-0.39, 0.29) is 11.8 Å². The minimum Gasteiger partial charge on any atom is -0.338 e. The molecule has 0 bridgehead atoms. The average molecular weight is 336 g/mol. The van der Waals surface area contributed by atoms with E-state index in [0.29, 0.717) is 19.4 Å². The summed E-state index contributed by atoms with van der Waals surface area (Å²) in [5.41, 5.74) is 1.06. The number of carbonyl (C=O) groups is 2. The summed E-state index contributed by atoms with van der Waals surface area (Å²) in [6.45, 7) is 4.38. The van der Waals surface area contributed by atoms with E-state index >= 15 is 0 Å². The molecule has 0 saturated carbocycles. The molecule has 1 unspecified atom stereocenters. The van der Waals surface area contributed by atoms with Gasteiger partial charge in [-0.3, -0.25) is 9.59 Å². The Kier molecular flexibility index (Phi) is 4.88. The van der Waals surface area contributed by atoms with Crippen LogP contribution in [0.3, 0.4) is 0 Å². The van der Waals surface area contributed by atoms with Gasteiger partial charge in [0.1, 0.15) is 11.6 Å². The molecule has 1 N–H and O–H groups in total. The van der Waals surface area contributed by atoms with Gasteiger partial charge in [-0.05, 0) is 24.0 Å². The zero-order valence-corrected chi connectivity index (χ0v) is 14.7. The number of rotatable bonds is 5. The molecular formula is C21H24N2O2. The second kappa shape index (κ2) is 7.09. The first kappa shape index (κ1) is 17.2. The molecule has 1 aliphatic heterocycles. The first-order chi connectivity index (χ1) is 12.1. The zero-order chi connectivity index (χ0) is 17.9. The maximum atomic E-state index is 13.3. The minimum absolute atomic E-state index is 0.0432. The van der Waals surface area contributed by atoms with Gasteiger partial charge < -0.3 is 10.2 Å². The molecule has 0 spiro atoms. The van der Waals surface area contributed by atoms with Gasteiger partial charge in [0.25, 0.3) is 5.91 Å². The average Bonchev–Trinajstić information content (AvgIpc) is 2.67. The second-order valence-electron chi connectivity index (χ2n) is 6.47. The molecule has 1 fully saturated rings. The smallest absolute Gasteiger partial charge is 0.251 e. The number of hydrogen-bond acceptors (Lipinski definition) is 2. The summed E-state index contributed by atoms with van der Waals surface area (Å²) in [5.74, 6) is -0.111. The molecule has 4 heteroatoms. The lowest BCUT2D eigenvalue weighted by molar-refractivity contribution is -0.159. The Morgan fingerprint density at radius 1 is 0.920 bits per heavy atom. The van der Waals surface area contributed by atoms with E-state index in [1.807, 2.05) is 74.5 Å². The van der Waals surface area contributed by atoms with E-state index in [1.54, 1.807) is 4.90 Å². The van der Waals surface area contributed by atoms with Crippen LogP contribution < -0.4 is 5.32 Å². The fourth-order valence-corrected chi connectivity index (χ4v) is 3.64. The largest absolute Gasteiger partial charge is 0.338 e. The molecule has 0 radical (unpaired) electrons. The van der Waals surface area contributed by atoms with Crippen molar-refractivity contribution >= 4 is 11.8 Å². The van der Waals surface area contributed by atoms with E-state index in [9.17, 15) is 9.59 Å². The van der Waals surface area contributed by atoms with Crippen molar-refractivity contribution in [3.63, 3.8) is 0 Å². The molecule has 25 heavy (non-hydrogen) atoms. The maximum Gasteiger partial charge on any atom is 0.251 e. The molecule has 3 rings (SSSR count). The van der Waals surface area contributed by atoms with E-state index in [1.165, 1.54) is 0 Å². The van der Waals surface area contributed by atoms with Gasteiger partial charge in [0.15, 0.2) is 0 Å². The fraction of sp³-hybridized carbons (Fsp3) is 0.333. The number of piperazine rings is 1. The molecule has 2 aromatic rings. The first-order valence-corrected chi connectivity index (χ1v) is 8.83. The summed E-state index contributed by atoms with van der Waals surface area (Å²) in [6, 6.07) is 18.7. The summed E-state index contributed by atoms with van der Waals surface area (Å²) in [6.07, 6.45) is 1.19. The summed E-state index contributed by atoms with van der Waals surface area (Å²) >= 11 is 0. The Bertz CT molecular complexity index is 739. The van der Waals surface area contributed by atoms with Crippen molar-refractivity contribution in [3.05, 3.63) is 71.8 Å². The third kappa shape index (κ3) is 3.04. The summed E-state index contributed by atoms with van der Waals surface area (Å²) in [4.78, 5) is 28.1. The number of nitrogens with zero attached hydrogens (tertiary/aromatic N) is 1. The van der Waals surface area contributed by atoms with Crippen LogP contribution in [0.15, 0.2) is 60.7 Å². The topological polar surface area (TPSA) is 49.4 Å². The van der Waals surface area contributed by atoms with Crippen LogP contribution in [0.25, 0.3) is 0 Å². The molecule has 2 aromatic carbocycles. The van der Waals surface area contributed by atoms with Crippen molar-refractivity contribution in [1.29, 1.82) is 0 Å². The van der Waals surface area contributed by atoms with Crippen LogP contribution in [-0.2, 0) is 16.1 Å². The minimum atomic E-state index is -0.793. The van der Waals surface area contributed by atoms with Gasteiger partial charge in [-0.15, -0.1) is 0 Å². The quantitative estimate of drug-likeness (QED) is 0.909. The van der Waals surface area contributed by atoms with Gasteiger partial charge in [-0.25, -0.2) is 0 Å². The van der Waals surface area contributed by atoms with E-state index in [2.05, 4.69) is 5.32 Å². The van der Waals surface area contributed by atoms with Crippen molar-refractivity contribution in [2.75, 3.05) is 0 Å². The van der Waals surface area contributed by atoms with E-state index < -0.39 is 11.6 Å². The summed E-state index contributed by atoms with van der Waals surface area (Å²) in [7, 11) is 0. The van der Waals surface area contributed by atoms with Crippen molar-refractivity contribution in [2.45, 2.75) is 44.8 Å². The van der Waals surface area contributed by atoms with E-state index in [0.717, 1.165) is 11.1 Å². The van der Waals surface area contributed by atoms with Gasteiger partial charge >= 0.3 is 0 Å². The fourth-order valence-electron chi connectivity index (χ4n) is 3.64. The maximum absolute atomic E-state index is 13.3. The zero-order valence-electron chi connectivity index (χ0n) is 14.7. The lowest BCUT2D eigenvalue weighted by atomic mass is 9.84. The number of hydrogen-bond donors (Lipinski definition) is 1. The van der Waals surface area contributed by atoms with Gasteiger partial charge in [0.05, 0.1) is 0 Å². The van der Waals surface area contributed by atoms with Crippen LogP contribution >= 0.6 is 0 Å². The van der Waals surface area contributed by atoms with Crippen LogP contribution in [0.1, 0.15) is 43.9 Å². The number of amides is 2. The predicted octanol–water partition coefficient (Wildman–Crippen LogP) is 3.45. The summed E-state index contributed by atoms with van der Waals surface area (Å²) in [5, 5.41) is 2.96. The van der Waals surface area contributed by atoms with Gasteiger partial charge in [0, 0.05) is 6.54 Å². The number of benzene rings is 2. The second-order valence-corrected chi connectivity index (χ2v) is 6.47. The van der Waals surface area contributed by atoms with Gasteiger partial charge in [0.2, 0.25) is 5.91 Å². The summed E-state index contributed by atoms with van der Waals surface area (Å²) < 4.78 is 0. The lowest BCUT2D eigenvalue weighted by Gasteiger charge is -2.47. The molecular weight excluding hydrogens is 312 g/mol. The molecule has 1 atom stereocenters. The Morgan fingerprint density at radius 3 is 2.04 bits per heavy atom. The molecule has 0 aromatic heterocycles. The Balaban J connectivity index is 2.00. The molecule has 4 nitrogen and oxygen atoms in total. The number of carbonyl (C=O) groups excluding carboxylic acids is 2. The van der Waals surface area contributed by atoms with Crippen LogP contribution in [0.4, 0.5) is 0 Å². The lowest BCUT2D eigenvalue weighted by Crippen LogP contribution is -2.67. The Morgan fingerprint density at radius 2 is 1.48 bits per heavy atom. The third-order valence-corrected chi connectivity index (χ3v) is 5.21. The molecule has 1 saturated heterocycles. The monoisotopic (exact) mass is 336 g/mol. The van der Waals surface area contributed by atoms with Crippen LogP contribution in [0, 0.1) is 0 Å². The highest BCUT2D eigenvalue weighted by Crippen LogP contribution is 2.34. The molecule has 130 valence electrons. The Hall–Kier alpha value is -2.62. The van der Waals surface area contributed by atoms with E-state index in [4.69, 9.17) is 0 Å². The van der Waals surface area contributed by atoms with Crippen molar-refractivity contribution in [3.8, 4) is 0 Å². The van der Waals surface area contributed by atoms with Crippen molar-refractivity contribution < 1.29 is 9.59 Å². The Labute approximate surface area is 148 Å². The van der Waals surface area contributed by atoms with Gasteiger partial charge in [-0.1, -0.05) is 74.5 Å². The van der Waals surface area contributed by atoms with Crippen LogP contribution in [0.2, 0.25) is 0 Å². The van der Waals surface area contributed by atoms with Crippen molar-refractivity contribution in [2.24, 2.45) is 0 Å². The molecule has 2 amide bonds. The molecule has 1 aliphatic rings. The number of nitrogens with one attached hydrogen (secondary N) is 1. The third-order valence-electron chi connectivity index (χ3n) is 5.21.